The van der Waals surface area contributed by atoms with Crippen LogP contribution in [-0.4, -0.2) is 38.8 Å². The standard InChI is InChI=1S/C18H20N4OS/c1-2-16-19-11-15(24-16)18(23)22-9-7-12(8-10-22)17-20-13-5-3-4-6-14(13)21-17/h3-6,11-12H,2,7-10H2,1H3,(H,20,21). The summed E-state index contributed by atoms with van der Waals surface area (Å²) >= 11 is 1.51. The van der Waals surface area contributed by atoms with Crippen molar-refractivity contribution in [2.45, 2.75) is 32.1 Å². The minimum atomic E-state index is 0.121. The van der Waals surface area contributed by atoms with Gasteiger partial charge in [-0.25, -0.2) is 9.97 Å². The van der Waals surface area contributed by atoms with E-state index in [-0.39, 0.29) is 5.91 Å². The molecule has 124 valence electrons. The summed E-state index contributed by atoms with van der Waals surface area (Å²) in [5, 5.41) is 1.02. The first kappa shape index (κ1) is 15.3. The summed E-state index contributed by atoms with van der Waals surface area (Å²) in [6, 6.07) is 8.11. The molecule has 0 saturated carbocycles. The number of carbonyl (C=O) groups excluding carboxylic acids is 1. The van der Waals surface area contributed by atoms with E-state index in [1.807, 2.05) is 23.1 Å². The number of para-hydroxylation sites is 2. The number of H-pyrrole nitrogens is 1. The van der Waals surface area contributed by atoms with Gasteiger partial charge in [-0.3, -0.25) is 4.79 Å². The van der Waals surface area contributed by atoms with Gasteiger partial charge in [-0.1, -0.05) is 19.1 Å². The Bertz CT molecular complexity index is 828. The van der Waals surface area contributed by atoms with Crippen LogP contribution in [0.15, 0.2) is 30.5 Å². The van der Waals surface area contributed by atoms with Crippen LogP contribution in [0.25, 0.3) is 11.0 Å². The molecule has 4 rings (SSSR count). The molecule has 0 bridgehead atoms. The van der Waals surface area contributed by atoms with E-state index in [4.69, 9.17) is 4.98 Å². The quantitative estimate of drug-likeness (QED) is 0.792. The maximum absolute atomic E-state index is 12.6. The van der Waals surface area contributed by atoms with E-state index in [1.165, 1.54) is 11.3 Å². The predicted molar refractivity (Wildman–Crippen MR) is 95.5 cm³/mol. The number of aromatic amines is 1. The molecule has 1 fully saturated rings. The molecule has 5 nitrogen and oxygen atoms in total. The average molecular weight is 340 g/mol. The van der Waals surface area contributed by atoms with Crippen molar-refractivity contribution in [1.29, 1.82) is 0 Å². The van der Waals surface area contributed by atoms with Crippen LogP contribution in [0, 0.1) is 0 Å². The molecule has 0 aliphatic carbocycles. The number of carbonyl (C=O) groups is 1. The van der Waals surface area contributed by atoms with Gasteiger partial charge in [0, 0.05) is 19.0 Å². The molecule has 24 heavy (non-hydrogen) atoms. The van der Waals surface area contributed by atoms with Crippen molar-refractivity contribution < 1.29 is 4.79 Å². The molecule has 0 unspecified atom stereocenters. The largest absolute Gasteiger partial charge is 0.342 e. The highest BCUT2D eigenvalue weighted by Gasteiger charge is 2.27. The number of likely N-dealkylation sites (tertiary alicyclic amines) is 1. The lowest BCUT2D eigenvalue weighted by Gasteiger charge is -2.30. The van der Waals surface area contributed by atoms with Crippen LogP contribution in [-0.2, 0) is 6.42 Å². The molecule has 1 aliphatic heterocycles. The number of imidazole rings is 1. The molecular weight excluding hydrogens is 320 g/mol. The highest BCUT2D eigenvalue weighted by Crippen LogP contribution is 2.29. The van der Waals surface area contributed by atoms with Gasteiger partial charge in [0.2, 0.25) is 0 Å². The van der Waals surface area contributed by atoms with Crippen molar-refractivity contribution in [3.05, 3.63) is 46.2 Å². The third-order valence-corrected chi connectivity index (χ3v) is 5.77. The third-order valence-electron chi connectivity index (χ3n) is 4.64. The van der Waals surface area contributed by atoms with Crippen LogP contribution in [0.2, 0.25) is 0 Å². The number of nitrogens with zero attached hydrogens (tertiary/aromatic N) is 3. The van der Waals surface area contributed by atoms with Crippen molar-refractivity contribution in [3.63, 3.8) is 0 Å². The molecule has 3 heterocycles. The monoisotopic (exact) mass is 340 g/mol. The third kappa shape index (κ3) is 2.82. The Balaban J connectivity index is 1.43. The van der Waals surface area contributed by atoms with E-state index in [9.17, 15) is 4.79 Å². The number of aromatic nitrogens is 3. The number of aryl methyl sites for hydroxylation is 1. The zero-order valence-electron chi connectivity index (χ0n) is 13.7. The highest BCUT2D eigenvalue weighted by atomic mass is 32.1. The summed E-state index contributed by atoms with van der Waals surface area (Å²) < 4.78 is 0. The maximum Gasteiger partial charge on any atom is 0.265 e. The lowest BCUT2D eigenvalue weighted by Crippen LogP contribution is -2.37. The Hall–Kier alpha value is -2.21. The minimum absolute atomic E-state index is 0.121. The second-order valence-corrected chi connectivity index (χ2v) is 7.29. The van der Waals surface area contributed by atoms with E-state index in [0.29, 0.717) is 5.92 Å². The first-order chi connectivity index (χ1) is 11.7. The summed E-state index contributed by atoms with van der Waals surface area (Å²) in [6.07, 6.45) is 4.50. The first-order valence-corrected chi connectivity index (χ1v) is 9.25. The van der Waals surface area contributed by atoms with Gasteiger partial charge in [0.25, 0.3) is 5.91 Å². The van der Waals surface area contributed by atoms with Crippen LogP contribution in [0.3, 0.4) is 0 Å². The normalized spacial score (nSPS) is 16.0. The number of amides is 1. The molecule has 2 aromatic heterocycles. The predicted octanol–water partition coefficient (Wildman–Crippen LogP) is 3.60. The van der Waals surface area contributed by atoms with Crippen molar-refractivity contribution in [1.82, 2.24) is 19.9 Å². The zero-order valence-corrected chi connectivity index (χ0v) is 14.5. The van der Waals surface area contributed by atoms with Crippen LogP contribution < -0.4 is 0 Å². The molecule has 1 amide bonds. The van der Waals surface area contributed by atoms with Crippen molar-refractivity contribution in [2.24, 2.45) is 0 Å². The SMILES string of the molecule is CCc1ncc(C(=O)N2CCC(c3nc4ccccc4[nH]3)CC2)s1. The number of hydrogen-bond acceptors (Lipinski definition) is 4. The van der Waals surface area contributed by atoms with Crippen LogP contribution in [0.4, 0.5) is 0 Å². The van der Waals surface area contributed by atoms with Gasteiger partial charge in [0.15, 0.2) is 0 Å². The molecule has 1 aromatic carbocycles. The molecule has 1 aliphatic rings. The van der Waals surface area contributed by atoms with Crippen LogP contribution in [0.1, 0.15) is 46.2 Å². The second-order valence-electron chi connectivity index (χ2n) is 6.18. The van der Waals surface area contributed by atoms with Crippen LogP contribution in [0.5, 0.6) is 0 Å². The molecule has 1 saturated heterocycles. The second kappa shape index (κ2) is 6.36. The summed E-state index contributed by atoms with van der Waals surface area (Å²) in [5.41, 5.74) is 2.10. The number of nitrogens with one attached hydrogen (secondary N) is 1. The molecule has 3 aromatic rings. The van der Waals surface area contributed by atoms with E-state index >= 15 is 0 Å². The van der Waals surface area contributed by atoms with Crippen LogP contribution >= 0.6 is 11.3 Å². The van der Waals surface area contributed by atoms with Gasteiger partial charge in [-0.2, -0.15) is 0 Å². The maximum atomic E-state index is 12.6. The number of piperidine rings is 1. The molecule has 0 radical (unpaired) electrons. The number of rotatable bonds is 3. The number of fused-ring (bicyclic) bond motifs is 1. The van der Waals surface area contributed by atoms with Gasteiger partial charge < -0.3 is 9.88 Å². The van der Waals surface area contributed by atoms with E-state index in [0.717, 1.165) is 59.1 Å². The summed E-state index contributed by atoms with van der Waals surface area (Å²) in [6.45, 7) is 3.62. The van der Waals surface area contributed by atoms with Gasteiger partial charge in [0.1, 0.15) is 10.7 Å². The highest BCUT2D eigenvalue weighted by molar-refractivity contribution is 7.13. The number of hydrogen-bond donors (Lipinski definition) is 1. The molecule has 1 N–H and O–H groups in total. The van der Waals surface area contributed by atoms with Gasteiger partial charge in [0.05, 0.1) is 22.2 Å². The fraction of sp³-hybridized carbons (Fsp3) is 0.389. The average Bonchev–Trinajstić information content (AvgIpc) is 3.28. The van der Waals surface area contributed by atoms with Gasteiger partial charge in [-0.05, 0) is 31.4 Å². The van der Waals surface area contributed by atoms with E-state index in [1.54, 1.807) is 6.20 Å². The van der Waals surface area contributed by atoms with Crippen molar-refractivity contribution in [2.75, 3.05) is 13.1 Å². The molecule has 6 heteroatoms. The summed E-state index contributed by atoms with van der Waals surface area (Å²) in [4.78, 5) is 27.7. The van der Waals surface area contributed by atoms with E-state index < -0.39 is 0 Å². The van der Waals surface area contributed by atoms with Crippen molar-refractivity contribution >= 4 is 28.3 Å². The fourth-order valence-corrected chi connectivity index (χ4v) is 4.08. The van der Waals surface area contributed by atoms with E-state index in [2.05, 4.69) is 23.0 Å². The molecular formula is C18H20N4OS. The Morgan fingerprint density at radius 3 is 2.83 bits per heavy atom. The Labute approximate surface area is 144 Å². The Kier molecular flexibility index (Phi) is 4.06. The van der Waals surface area contributed by atoms with Gasteiger partial charge in [-0.15, -0.1) is 11.3 Å². The smallest absolute Gasteiger partial charge is 0.265 e. The lowest BCUT2D eigenvalue weighted by molar-refractivity contribution is 0.0716. The topological polar surface area (TPSA) is 61.9 Å². The van der Waals surface area contributed by atoms with Crippen molar-refractivity contribution in [3.8, 4) is 0 Å². The first-order valence-electron chi connectivity index (χ1n) is 8.43. The minimum Gasteiger partial charge on any atom is -0.342 e. The number of benzene rings is 1. The summed E-state index contributed by atoms with van der Waals surface area (Å²) in [5.74, 6) is 1.57. The Morgan fingerprint density at radius 1 is 1.33 bits per heavy atom. The number of thiazole rings is 1. The summed E-state index contributed by atoms with van der Waals surface area (Å²) in [7, 11) is 0. The Morgan fingerprint density at radius 2 is 2.12 bits per heavy atom. The zero-order chi connectivity index (χ0) is 16.5. The fourth-order valence-electron chi connectivity index (χ4n) is 3.25. The van der Waals surface area contributed by atoms with Gasteiger partial charge >= 0.3 is 0 Å². The lowest BCUT2D eigenvalue weighted by atomic mass is 9.96. The molecule has 0 spiro atoms. The molecule has 0 atom stereocenters.